The Hall–Kier alpha value is -3.67. The summed E-state index contributed by atoms with van der Waals surface area (Å²) in [7, 11) is 0. The first-order valence-corrected chi connectivity index (χ1v) is 9.82. The topological polar surface area (TPSA) is 55.8 Å². The molecule has 148 valence electrons. The van der Waals surface area contributed by atoms with E-state index < -0.39 is 5.97 Å². The van der Waals surface area contributed by atoms with Gasteiger partial charge in [-0.3, -0.25) is 0 Å². The molecule has 3 aromatic rings. The number of hydrogen-bond donors (Lipinski definition) is 1. The molecule has 0 radical (unpaired) electrons. The van der Waals surface area contributed by atoms with Crippen molar-refractivity contribution in [1.29, 1.82) is 0 Å². The minimum Gasteiger partial charge on any atom is -0.482 e. The Morgan fingerprint density at radius 1 is 0.800 bits per heavy atom. The average molecular weight is 461 g/mol. The van der Waals surface area contributed by atoms with Gasteiger partial charge in [-0.15, -0.1) is 0 Å². The normalized spacial score (nSPS) is 9.50. The van der Waals surface area contributed by atoms with Crippen LogP contribution >= 0.6 is 15.9 Å². The Labute approximate surface area is 183 Å². The Balaban J connectivity index is 1.59. The molecule has 0 saturated heterocycles. The molecule has 0 bridgehead atoms. The van der Waals surface area contributed by atoms with E-state index >= 15 is 0 Å². The molecule has 0 atom stereocenters. The van der Waals surface area contributed by atoms with E-state index in [9.17, 15) is 4.79 Å². The van der Waals surface area contributed by atoms with Gasteiger partial charge < -0.3 is 14.6 Å². The zero-order chi connectivity index (χ0) is 21.2. The van der Waals surface area contributed by atoms with Crippen molar-refractivity contribution in [1.82, 2.24) is 0 Å². The molecule has 3 rings (SSSR count). The maximum atomic E-state index is 10.5. The highest BCUT2D eigenvalue weighted by Gasteiger charge is 2.00. The van der Waals surface area contributed by atoms with Crippen molar-refractivity contribution in [2.45, 2.75) is 0 Å². The van der Waals surface area contributed by atoms with E-state index in [0.717, 1.165) is 21.2 Å². The van der Waals surface area contributed by atoms with Crippen molar-refractivity contribution < 1.29 is 19.4 Å². The van der Waals surface area contributed by atoms with E-state index in [1.54, 1.807) is 24.3 Å². The summed E-state index contributed by atoms with van der Waals surface area (Å²) in [5.41, 5.74) is 2.66. The first-order chi connectivity index (χ1) is 14.6. The lowest BCUT2D eigenvalue weighted by atomic mass is 10.1. The van der Waals surface area contributed by atoms with Gasteiger partial charge >= 0.3 is 5.97 Å². The number of rotatable bonds is 5. The van der Waals surface area contributed by atoms with Crippen molar-refractivity contribution in [3.8, 4) is 35.2 Å². The zero-order valence-electron chi connectivity index (χ0n) is 15.9. The van der Waals surface area contributed by atoms with Gasteiger partial charge in [-0.2, -0.15) is 0 Å². The summed E-state index contributed by atoms with van der Waals surface area (Å²) in [6, 6.07) is 22.3. The highest BCUT2D eigenvalue weighted by molar-refractivity contribution is 9.10. The quantitative estimate of drug-likeness (QED) is 0.558. The van der Waals surface area contributed by atoms with Gasteiger partial charge in [-0.25, -0.2) is 4.79 Å². The molecule has 0 aliphatic rings. The third-order valence-electron chi connectivity index (χ3n) is 3.75. The standard InChI is InChI=1S/C25H17BrO4/c26-22-16-20(15-21(17-22)9-8-19-5-2-1-3-6-19)7-4-14-29-23-10-12-24(13-11-23)30-18-25(27)28/h1-3,5-6,10-13,15-17H,14,18H2,(H,27,28). The summed E-state index contributed by atoms with van der Waals surface area (Å²) >= 11 is 3.50. The van der Waals surface area contributed by atoms with E-state index in [2.05, 4.69) is 39.6 Å². The van der Waals surface area contributed by atoms with Gasteiger partial charge in [-0.05, 0) is 54.6 Å². The molecule has 0 aromatic heterocycles. The molecule has 0 aliphatic carbocycles. The fourth-order valence-corrected chi connectivity index (χ4v) is 2.93. The molecule has 0 heterocycles. The van der Waals surface area contributed by atoms with Crippen LogP contribution in [0.5, 0.6) is 11.5 Å². The predicted molar refractivity (Wildman–Crippen MR) is 119 cm³/mol. The predicted octanol–water partition coefficient (Wildman–Crippen LogP) is 4.74. The summed E-state index contributed by atoms with van der Waals surface area (Å²) < 4.78 is 11.6. The van der Waals surface area contributed by atoms with Crippen LogP contribution < -0.4 is 9.47 Å². The van der Waals surface area contributed by atoms with Crippen LogP contribution in [0.4, 0.5) is 0 Å². The maximum Gasteiger partial charge on any atom is 0.341 e. The second kappa shape index (κ2) is 10.8. The van der Waals surface area contributed by atoms with Crippen LogP contribution in [0.2, 0.25) is 0 Å². The molecule has 0 saturated carbocycles. The van der Waals surface area contributed by atoms with Crippen molar-refractivity contribution >= 4 is 21.9 Å². The van der Waals surface area contributed by atoms with Gasteiger partial charge in [0.2, 0.25) is 0 Å². The average Bonchev–Trinajstić information content (AvgIpc) is 2.75. The largest absolute Gasteiger partial charge is 0.482 e. The lowest BCUT2D eigenvalue weighted by Gasteiger charge is -2.05. The van der Waals surface area contributed by atoms with Crippen molar-refractivity contribution in [2.24, 2.45) is 0 Å². The first-order valence-electron chi connectivity index (χ1n) is 9.02. The lowest BCUT2D eigenvalue weighted by Crippen LogP contribution is -2.09. The first kappa shape index (κ1) is 21.0. The highest BCUT2D eigenvalue weighted by Crippen LogP contribution is 2.18. The summed E-state index contributed by atoms with van der Waals surface area (Å²) in [5, 5.41) is 8.61. The lowest BCUT2D eigenvalue weighted by molar-refractivity contribution is -0.139. The molecule has 0 unspecified atom stereocenters. The summed E-state index contributed by atoms with van der Waals surface area (Å²) in [6.07, 6.45) is 0. The fraction of sp³-hybridized carbons (Fsp3) is 0.0800. The number of carboxylic acid groups (broad SMARTS) is 1. The monoisotopic (exact) mass is 460 g/mol. The minimum atomic E-state index is -1.02. The SMILES string of the molecule is O=C(O)COc1ccc(OCC#Cc2cc(Br)cc(C#Cc3ccccc3)c2)cc1. The molecule has 4 nitrogen and oxygen atoms in total. The van der Waals surface area contributed by atoms with Crippen LogP contribution in [0.25, 0.3) is 0 Å². The van der Waals surface area contributed by atoms with Gasteiger partial charge in [0.15, 0.2) is 6.61 Å². The van der Waals surface area contributed by atoms with Crippen LogP contribution in [-0.2, 0) is 4.79 Å². The van der Waals surface area contributed by atoms with Crippen LogP contribution in [0.1, 0.15) is 16.7 Å². The van der Waals surface area contributed by atoms with Crippen LogP contribution in [-0.4, -0.2) is 24.3 Å². The molecule has 3 aromatic carbocycles. The van der Waals surface area contributed by atoms with Crippen LogP contribution in [0.3, 0.4) is 0 Å². The number of carboxylic acids is 1. The van der Waals surface area contributed by atoms with Crippen LogP contribution in [0.15, 0.2) is 77.3 Å². The zero-order valence-corrected chi connectivity index (χ0v) is 17.5. The third kappa shape index (κ3) is 7.05. The summed E-state index contributed by atoms with van der Waals surface area (Å²) in [5.74, 6) is 12.4. The second-order valence-corrected chi connectivity index (χ2v) is 7.00. The van der Waals surface area contributed by atoms with Gasteiger partial charge in [0.1, 0.15) is 18.1 Å². The molecular weight excluding hydrogens is 444 g/mol. The van der Waals surface area contributed by atoms with Gasteiger partial charge in [0.25, 0.3) is 0 Å². The second-order valence-electron chi connectivity index (χ2n) is 6.09. The molecular formula is C25H17BrO4. The smallest absolute Gasteiger partial charge is 0.341 e. The fourth-order valence-electron chi connectivity index (χ4n) is 2.43. The number of benzene rings is 3. The van der Waals surface area contributed by atoms with Crippen LogP contribution in [0, 0.1) is 23.7 Å². The summed E-state index contributed by atoms with van der Waals surface area (Å²) in [4.78, 5) is 10.5. The van der Waals surface area contributed by atoms with E-state index in [0.29, 0.717) is 11.5 Å². The van der Waals surface area contributed by atoms with Gasteiger partial charge in [-0.1, -0.05) is 57.8 Å². The Bertz CT molecular complexity index is 1130. The maximum absolute atomic E-state index is 10.5. The molecule has 0 aliphatic heterocycles. The molecule has 1 N–H and O–H groups in total. The molecule has 0 amide bonds. The van der Waals surface area contributed by atoms with Crippen molar-refractivity contribution in [3.05, 3.63) is 94.0 Å². The number of ether oxygens (including phenoxy) is 2. The molecule has 0 spiro atoms. The summed E-state index contributed by atoms with van der Waals surface area (Å²) in [6.45, 7) is -0.164. The van der Waals surface area contributed by atoms with E-state index in [4.69, 9.17) is 14.6 Å². The van der Waals surface area contributed by atoms with Gasteiger partial charge in [0, 0.05) is 21.2 Å². The van der Waals surface area contributed by atoms with Crippen molar-refractivity contribution in [2.75, 3.05) is 13.2 Å². The van der Waals surface area contributed by atoms with Gasteiger partial charge in [0.05, 0.1) is 0 Å². The third-order valence-corrected chi connectivity index (χ3v) is 4.21. The van der Waals surface area contributed by atoms with Crippen molar-refractivity contribution in [3.63, 3.8) is 0 Å². The number of halogens is 1. The molecule has 5 heteroatoms. The number of aliphatic carboxylic acids is 1. The molecule has 30 heavy (non-hydrogen) atoms. The highest BCUT2D eigenvalue weighted by atomic mass is 79.9. The molecule has 0 fully saturated rings. The Morgan fingerprint density at radius 3 is 2.07 bits per heavy atom. The van der Waals surface area contributed by atoms with E-state index in [-0.39, 0.29) is 13.2 Å². The van der Waals surface area contributed by atoms with E-state index in [1.165, 1.54) is 0 Å². The number of hydrogen-bond acceptors (Lipinski definition) is 3. The Kier molecular flexibility index (Phi) is 7.55. The number of carbonyl (C=O) groups is 1. The van der Waals surface area contributed by atoms with E-state index in [1.807, 2.05) is 48.5 Å². The Morgan fingerprint density at radius 2 is 1.40 bits per heavy atom. The minimum absolute atomic E-state index is 0.215.